The molecular weight excluding hydrogens is 364 g/mol. The molecule has 1 fully saturated rings. The molecule has 1 aliphatic rings. The Hall–Kier alpha value is -3.15. The first kappa shape index (κ1) is 19.2. The molecule has 0 unspecified atom stereocenters. The summed E-state index contributed by atoms with van der Waals surface area (Å²) in [6, 6.07) is 7.67. The van der Waals surface area contributed by atoms with Crippen LogP contribution in [0.25, 0.3) is 11.1 Å². The fourth-order valence-electron chi connectivity index (χ4n) is 4.26. The normalized spacial score (nSPS) is 16.7. The number of amides is 1. The molecule has 1 N–H and O–H groups in total. The Morgan fingerprint density at radius 3 is 2.79 bits per heavy atom. The second-order valence-electron chi connectivity index (χ2n) is 7.55. The Bertz CT molecular complexity index is 1030. The molecule has 6 nitrogen and oxygen atoms in total. The van der Waals surface area contributed by atoms with Crippen molar-refractivity contribution in [2.24, 2.45) is 0 Å². The molecule has 29 heavy (non-hydrogen) atoms. The molecule has 1 saturated heterocycles. The molecule has 1 aliphatic heterocycles. The Morgan fingerprint density at radius 1 is 1.14 bits per heavy atom. The molecule has 0 spiro atoms. The molecule has 6 heteroatoms. The van der Waals surface area contributed by atoms with Crippen LogP contribution in [0.4, 0.5) is 0 Å². The predicted octanol–water partition coefficient (Wildman–Crippen LogP) is 4.46. The van der Waals surface area contributed by atoms with E-state index in [-0.39, 0.29) is 11.9 Å². The van der Waals surface area contributed by atoms with Gasteiger partial charge < -0.3 is 9.64 Å². The minimum absolute atomic E-state index is 0.00208. The van der Waals surface area contributed by atoms with Gasteiger partial charge in [-0.05, 0) is 61.9 Å². The molecule has 1 aromatic carbocycles. The van der Waals surface area contributed by atoms with Crippen LogP contribution in [0.1, 0.15) is 52.5 Å². The smallest absolute Gasteiger partial charge is 0.258 e. The third-order valence-electron chi connectivity index (χ3n) is 5.72. The summed E-state index contributed by atoms with van der Waals surface area (Å²) in [5.41, 5.74) is 5.77. The summed E-state index contributed by atoms with van der Waals surface area (Å²) in [5, 5.41) is 7.50. The van der Waals surface area contributed by atoms with Gasteiger partial charge in [0.15, 0.2) is 0 Å². The third-order valence-corrected chi connectivity index (χ3v) is 5.72. The zero-order valence-corrected chi connectivity index (χ0v) is 17.1. The molecule has 1 amide bonds. The first-order valence-corrected chi connectivity index (χ1v) is 10.0. The van der Waals surface area contributed by atoms with E-state index in [1.165, 1.54) is 0 Å². The van der Waals surface area contributed by atoms with Crippen LogP contribution in [0.3, 0.4) is 0 Å². The van der Waals surface area contributed by atoms with Gasteiger partial charge in [-0.1, -0.05) is 12.1 Å². The minimum atomic E-state index is -0.0495. The number of nitrogens with zero attached hydrogens (tertiary/aromatic N) is 3. The number of benzene rings is 1. The van der Waals surface area contributed by atoms with Gasteiger partial charge in [-0.2, -0.15) is 5.10 Å². The fraction of sp³-hybridized carbons (Fsp3) is 0.348. The van der Waals surface area contributed by atoms with Crippen molar-refractivity contribution in [3.05, 3.63) is 65.2 Å². The number of rotatable bonds is 4. The number of likely N-dealkylation sites (tertiary alicyclic amines) is 1. The van der Waals surface area contributed by atoms with Crippen molar-refractivity contribution in [2.45, 2.75) is 39.2 Å². The van der Waals surface area contributed by atoms with E-state index in [4.69, 9.17) is 4.74 Å². The van der Waals surface area contributed by atoms with Gasteiger partial charge in [-0.15, -0.1) is 0 Å². The lowest BCUT2D eigenvalue weighted by Gasteiger charge is -2.36. The lowest BCUT2D eigenvalue weighted by Crippen LogP contribution is -2.39. The second-order valence-corrected chi connectivity index (χ2v) is 7.55. The first-order chi connectivity index (χ1) is 14.1. The highest BCUT2D eigenvalue weighted by Crippen LogP contribution is 2.38. The number of aromatic amines is 1. The average Bonchev–Trinajstić information content (AvgIpc) is 3.23. The number of H-pyrrole nitrogens is 1. The van der Waals surface area contributed by atoms with Gasteiger partial charge in [0.25, 0.3) is 5.91 Å². The zero-order valence-electron chi connectivity index (χ0n) is 17.1. The van der Waals surface area contributed by atoms with Gasteiger partial charge in [-0.25, -0.2) is 0 Å². The largest absolute Gasteiger partial charge is 0.496 e. The molecule has 3 aromatic rings. The van der Waals surface area contributed by atoms with Gasteiger partial charge in [0.05, 0.1) is 30.6 Å². The summed E-state index contributed by atoms with van der Waals surface area (Å²) in [6.45, 7) is 4.72. The molecule has 1 atom stereocenters. The minimum Gasteiger partial charge on any atom is -0.496 e. The SMILES string of the molecule is COc1c(C)cccc1C(=O)N1CCCC[C@@H]1c1[nH]ncc1-c1ccncc1C. The van der Waals surface area contributed by atoms with Crippen LogP contribution in [-0.4, -0.2) is 39.6 Å². The quantitative estimate of drug-likeness (QED) is 0.714. The molecule has 2 aromatic heterocycles. The van der Waals surface area contributed by atoms with Gasteiger partial charge >= 0.3 is 0 Å². The number of ether oxygens (including phenoxy) is 1. The van der Waals surface area contributed by atoms with Crippen molar-refractivity contribution >= 4 is 5.91 Å². The lowest BCUT2D eigenvalue weighted by atomic mass is 9.93. The lowest BCUT2D eigenvalue weighted by molar-refractivity contribution is 0.0603. The average molecular weight is 390 g/mol. The van der Waals surface area contributed by atoms with Crippen molar-refractivity contribution in [2.75, 3.05) is 13.7 Å². The fourth-order valence-corrected chi connectivity index (χ4v) is 4.26. The van der Waals surface area contributed by atoms with Crippen molar-refractivity contribution in [3.63, 3.8) is 0 Å². The number of para-hydroxylation sites is 1. The highest BCUT2D eigenvalue weighted by atomic mass is 16.5. The topological polar surface area (TPSA) is 71.1 Å². The maximum absolute atomic E-state index is 13.6. The van der Waals surface area contributed by atoms with E-state index in [0.717, 1.165) is 47.2 Å². The van der Waals surface area contributed by atoms with Crippen molar-refractivity contribution in [1.82, 2.24) is 20.1 Å². The van der Waals surface area contributed by atoms with Crippen molar-refractivity contribution in [3.8, 4) is 16.9 Å². The zero-order chi connectivity index (χ0) is 20.4. The second kappa shape index (κ2) is 8.07. The molecule has 0 radical (unpaired) electrons. The molecule has 0 bridgehead atoms. The Balaban J connectivity index is 1.74. The monoisotopic (exact) mass is 390 g/mol. The van der Waals surface area contributed by atoms with E-state index in [1.807, 2.05) is 55.4 Å². The molecule has 150 valence electrons. The number of piperidine rings is 1. The number of carbonyl (C=O) groups is 1. The summed E-state index contributed by atoms with van der Waals surface area (Å²) in [6.07, 6.45) is 8.47. The Kier molecular flexibility index (Phi) is 5.34. The number of pyridine rings is 1. The van der Waals surface area contributed by atoms with E-state index >= 15 is 0 Å². The molecular formula is C23H26N4O2. The van der Waals surface area contributed by atoms with Gasteiger partial charge in [0.2, 0.25) is 0 Å². The first-order valence-electron chi connectivity index (χ1n) is 10.0. The van der Waals surface area contributed by atoms with Crippen LogP contribution >= 0.6 is 0 Å². The summed E-state index contributed by atoms with van der Waals surface area (Å²) >= 11 is 0. The maximum Gasteiger partial charge on any atom is 0.258 e. The summed E-state index contributed by atoms with van der Waals surface area (Å²) < 4.78 is 5.55. The van der Waals surface area contributed by atoms with E-state index in [0.29, 0.717) is 17.9 Å². The number of hydrogen-bond acceptors (Lipinski definition) is 4. The Labute approximate surface area is 170 Å². The van der Waals surface area contributed by atoms with Crippen LogP contribution in [-0.2, 0) is 0 Å². The highest BCUT2D eigenvalue weighted by Gasteiger charge is 2.33. The van der Waals surface area contributed by atoms with Crippen LogP contribution < -0.4 is 4.74 Å². The van der Waals surface area contributed by atoms with Crippen LogP contribution in [0, 0.1) is 13.8 Å². The van der Waals surface area contributed by atoms with Gasteiger partial charge in [0.1, 0.15) is 5.75 Å². The van der Waals surface area contributed by atoms with E-state index < -0.39 is 0 Å². The molecule has 4 rings (SSSR count). The van der Waals surface area contributed by atoms with Crippen LogP contribution in [0.15, 0.2) is 42.9 Å². The summed E-state index contributed by atoms with van der Waals surface area (Å²) in [5.74, 6) is 0.652. The standard InChI is InChI=1S/C23H26N4O2/c1-15-7-6-8-18(22(15)29-3)23(28)27-12-5-4-9-20(27)21-19(14-25-26-21)17-10-11-24-13-16(17)2/h6-8,10-11,13-14,20H,4-5,9,12H2,1-3H3,(H,25,26)/t20-/m1/s1. The molecule has 0 saturated carbocycles. The molecule has 3 heterocycles. The third kappa shape index (κ3) is 3.50. The number of aryl methyl sites for hydroxylation is 2. The maximum atomic E-state index is 13.6. The van der Waals surface area contributed by atoms with Crippen molar-refractivity contribution in [1.29, 1.82) is 0 Å². The van der Waals surface area contributed by atoms with E-state index in [9.17, 15) is 4.79 Å². The highest BCUT2D eigenvalue weighted by molar-refractivity contribution is 5.97. The number of hydrogen-bond donors (Lipinski definition) is 1. The van der Waals surface area contributed by atoms with E-state index in [2.05, 4.69) is 15.2 Å². The van der Waals surface area contributed by atoms with Gasteiger partial charge in [0, 0.05) is 24.5 Å². The number of nitrogens with one attached hydrogen (secondary N) is 1. The van der Waals surface area contributed by atoms with E-state index in [1.54, 1.807) is 13.3 Å². The molecule has 0 aliphatic carbocycles. The van der Waals surface area contributed by atoms with Gasteiger partial charge in [-0.3, -0.25) is 14.9 Å². The number of aromatic nitrogens is 3. The summed E-state index contributed by atoms with van der Waals surface area (Å²) in [4.78, 5) is 19.7. The number of carbonyl (C=O) groups excluding carboxylic acids is 1. The van der Waals surface area contributed by atoms with Crippen molar-refractivity contribution < 1.29 is 9.53 Å². The number of methoxy groups -OCH3 is 1. The predicted molar refractivity (Wildman–Crippen MR) is 112 cm³/mol. The van der Waals surface area contributed by atoms with Crippen LogP contribution in [0.2, 0.25) is 0 Å². The Morgan fingerprint density at radius 2 is 2.00 bits per heavy atom. The van der Waals surface area contributed by atoms with Crippen LogP contribution in [0.5, 0.6) is 5.75 Å². The summed E-state index contributed by atoms with van der Waals surface area (Å²) in [7, 11) is 1.62.